The van der Waals surface area contributed by atoms with Crippen molar-refractivity contribution in [1.29, 1.82) is 5.26 Å². The Hall–Kier alpha value is -2.49. The zero-order valence-electron chi connectivity index (χ0n) is 15.0. The maximum Gasteiger partial charge on any atom is 0.416 e. The number of anilines is 1. The molecule has 7 heteroatoms. The van der Waals surface area contributed by atoms with Crippen molar-refractivity contribution in [3.05, 3.63) is 41.6 Å². The van der Waals surface area contributed by atoms with Crippen LogP contribution in [0.3, 0.4) is 0 Å². The number of hydrogen-bond donors (Lipinski definition) is 2. The molecule has 1 aromatic rings. The second kappa shape index (κ2) is 7.63. The first-order chi connectivity index (χ1) is 12.8. The molecule has 2 aliphatic rings. The first-order valence-corrected chi connectivity index (χ1v) is 9.13. The Kier molecular flexibility index (Phi) is 5.45. The molecule has 27 heavy (non-hydrogen) atoms. The zero-order chi connectivity index (χ0) is 19.6. The van der Waals surface area contributed by atoms with Gasteiger partial charge in [0.05, 0.1) is 5.56 Å². The lowest BCUT2D eigenvalue weighted by molar-refractivity contribution is -0.137. The van der Waals surface area contributed by atoms with E-state index in [4.69, 9.17) is 0 Å². The van der Waals surface area contributed by atoms with Gasteiger partial charge in [0.25, 0.3) is 5.91 Å². The average molecular weight is 377 g/mol. The van der Waals surface area contributed by atoms with E-state index in [1.54, 1.807) is 0 Å². The van der Waals surface area contributed by atoms with Crippen LogP contribution < -0.4 is 10.6 Å². The van der Waals surface area contributed by atoms with Crippen LogP contribution in [-0.4, -0.2) is 11.9 Å². The Morgan fingerprint density at radius 3 is 2.70 bits per heavy atom. The Bertz CT molecular complexity index is 781. The number of benzene rings is 1. The summed E-state index contributed by atoms with van der Waals surface area (Å²) in [4.78, 5) is 12.2. The molecule has 0 aliphatic heterocycles. The monoisotopic (exact) mass is 377 g/mol. The van der Waals surface area contributed by atoms with Crippen LogP contribution >= 0.6 is 0 Å². The van der Waals surface area contributed by atoms with Crippen LogP contribution in [0.25, 0.3) is 0 Å². The number of carbonyl (C=O) groups is 1. The molecule has 0 radical (unpaired) electrons. The number of nitrogens with one attached hydrogen (secondary N) is 2. The number of halogens is 3. The number of nitrogens with zero attached hydrogens (tertiary/aromatic N) is 1. The quantitative estimate of drug-likeness (QED) is 0.588. The number of hydrogen-bond acceptors (Lipinski definition) is 3. The molecule has 0 saturated heterocycles. The van der Waals surface area contributed by atoms with Gasteiger partial charge in [0.1, 0.15) is 11.6 Å². The van der Waals surface area contributed by atoms with Crippen molar-refractivity contribution >= 4 is 11.6 Å². The molecule has 144 valence electrons. The Morgan fingerprint density at radius 2 is 2.11 bits per heavy atom. The van der Waals surface area contributed by atoms with Gasteiger partial charge >= 0.3 is 6.18 Å². The number of amides is 1. The molecular formula is C20H22F3N3O. The molecule has 4 unspecified atom stereocenters. The maximum atomic E-state index is 12.8. The highest BCUT2D eigenvalue weighted by Crippen LogP contribution is 2.49. The van der Waals surface area contributed by atoms with Crippen LogP contribution in [0.5, 0.6) is 0 Å². The van der Waals surface area contributed by atoms with Gasteiger partial charge in [-0.05, 0) is 62.1 Å². The minimum Gasteiger partial charge on any atom is -0.387 e. The number of rotatable bonds is 5. The largest absolute Gasteiger partial charge is 0.416 e. The van der Waals surface area contributed by atoms with Crippen LogP contribution in [0.15, 0.2) is 36.0 Å². The van der Waals surface area contributed by atoms with Crippen LogP contribution in [0.1, 0.15) is 38.2 Å². The summed E-state index contributed by atoms with van der Waals surface area (Å²) in [6.07, 6.45) is 1.86. The van der Waals surface area contributed by atoms with Gasteiger partial charge in [-0.3, -0.25) is 4.79 Å². The summed E-state index contributed by atoms with van der Waals surface area (Å²) >= 11 is 0. The summed E-state index contributed by atoms with van der Waals surface area (Å²) in [5, 5.41) is 14.7. The second-order valence-corrected chi connectivity index (χ2v) is 7.50. The third-order valence-corrected chi connectivity index (χ3v) is 5.74. The van der Waals surface area contributed by atoms with Gasteiger partial charge in [0, 0.05) is 17.9 Å². The first kappa shape index (κ1) is 19.3. The van der Waals surface area contributed by atoms with E-state index in [1.165, 1.54) is 44.0 Å². The van der Waals surface area contributed by atoms with Gasteiger partial charge in [0.15, 0.2) is 0 Å². The molecule has 0 aromatic heterocycles. The number of alkyl halides is 3. The van der Waals surface area contributed by atoms with Crippen LogP contribution in [-0.2, 0) is 11.0 Å². The molecule has 4 nitrogen and oxygen atoms in total. The van der Waals surface area contributed by atoms with E-state index in [0.29, 0.717) is 11.8 Å². The highest BCUT2D eigenvalue weighted by molar-refractivity contribution is 6.06. The van der Waals surface area contributed by atoms with Crippen molar-refractivity contribution in [3.8, 4) is 6.07 Å². The van der Waals surface area contributed by atoms with Gasteiger partial charge in [-0.1, -0.05) is 12.5 Å². The summed E-state index contributed by atoms with van der Waals surface area (Å²) < 4.78 is 38.3. The van der Waals surface area contributed by atoms with Crippen LogP contribution in [0, 0.1) is 29.1 Å². The summed E-state index contributed by atoms with van der Waals surface area (Å²) in [7, 11) is 0. The summed E-state index contributed by atoms with van der Waals surface area (Å²) in [5.41, 5.74) is -1.02. The van der Waals surface area contributed by atoms with Crippen molar-refractivity contribution < 1.29 is 18.0 Å². The fourth-order valence-electron chi connectivity index (χ4n) is 4.36. The molecule has 4 atom stereocenters. The van der Waals surface area contributed by atoms with Crippen molar-refractivity contribution in [2.45, 2.75) is 44.8 Å². The fraction of sp³-hybridized carbons (Fsp3) is 0.500. The van der Waals surface area contributed by atoms with Crippen molar-refractivity contribution in [3.63, 3.8) is 0 Å². The molecule has 0 spiro atoms. The van der Waals surface area contributed by atoms with E-state index in [2.05, 4.69) is 10.6 Å². The number of nitriles is 1. The predicted molar refractivity (Wildman–Crippen MR) is 95.3 cm³/mol. The average Bonchev–Trinajstić information content (AvgIpc) is 3.25. The topological polar surface area (TPSA) is 64.9 Å². The normalized spacial score (nSPS) is 25.7. The van der Waals surface area contributed by atoms with Crippen LogP contribution in [0.4, 0.5) is 18.9 Å². The third-order valence-electron chi connectivity index (χ3n) is 5.74. The lowest BCUT2D eigenvalue weighted by Gasteiger charge is -2.28. The van der Waals surface area contributed by atoms with E-state index < -0.39 is 17.6 Å². The molecule has 1 amide bonds. The van der Waals surface area contributed by atoms with Crippen molar-refractivity contribution in [2.75, 3.05) is 5.32 Å². The minimum atomic E-state index is -4.49. The number of carbonyl (C=O) groups excluding carboxylic acids is 1. The summed E-state index contributed by atoms with van der Waals surface area (Å²) in [6.45, 7) is 2.04. The fourth-order valence-corrected chi connectivity index (χ4v) is 4.36. The Balaban J connectivity index is 1.62. The maximum absolute atomic E-state index is 12.8. The lowest BCUT2D eigenvalue weighted by atomic mass is 9.84. The first-order valence-electron chi connectivity index (χ1n) is 9.13. The van der Waals surface area contributed by atoms with Crippen molar-refractivity contribution in [1.82, 2.24) is 5.32 Å². The summed E-state index contributed by atoms with van der Waals surface area (Å²) in [6, 6.07) is 6.29. The minimum absolute atomic E-state index is 0.00266. The van der Waals surface area contributed by atoms with Gasteiger partial charge in [-0.15, -0.1) is 0 Å². The SMILES string of the molecule is CC(N/C=C(/C#N)C(=O)Nc1cccc(C(F)(F)F)c1)C1CC2CCC1C2. The predicted octanol–water partition coefficient (Wildman–Crippen LogP) is 4.47. The van der Waals surface area contributed by atoms with Gasteiger partial charge in [0.2, 0.25) is 0 Å². The van der Waals surface area contributed by atoms with E-state index in [0.717, 1.165) is 18.1 Å². The standard InChI is InChI=1S/C20H22F3N3O/c1-12(18-8-13-5-6-14(18)7-13)25-11-15(10-24)19(27)26-17-4-2-3-16(9-17)20(21,22)23/h2-4,9,11-14,18,25H,5-8H2,1H3,(H,26,27)/b15-11-. The molecule has 2 N–H and O–H groups in total. The lowest BCUT2D eigenvalue weighted by Crippen LogP contribution is -2.34. The molecular weight excluding hydrogens is 355 g/mol. The third kappa shape index (κ3) is 4.44. The molecule has 2 bridgehead atoms. The van der Waals surface area contributed by atoms with Gasteiger partial charge < -0.3 is 10.6 Å². The van der Waals surface area contributed by atoms with Crippen molar-refractivity contribution in [2.24, 2.45) is 17.8 Å². The van der Waals surface area contributed by atoms with Gasteiger partial charge in [-0.25, -0.2) is 0 Å². The molecule has 1 aromatic carbocycles. The van der Waals surface area contributed by atoms with E-state index >= 15 is 0 Å². The summed E-state index contributed by atoms with van der Waals surface area (Å²) in [5.74, 6) is 1.30. The van der Waals surface area contributed by atoms with Gasteiger partial charge in [-0.2, -0.15) is 18.4 Å². The molecule has 2 saturated carbocycles. The highest BCUT2D eigenvalue weighted by Gasteiger charge is 2.41. The number of fused-ring (bicyclic) bond motifs is 2. The smallest absolute Gasteiger partial charge is 0.387 e. The zero-order valence-corrected chi connectivity index (χ0v) is 15.0. The highest BCUT2D eigenvalue weighted by atomic mass is 19.4. The molecule has 2 aliphatic carbocycles. The Morgan fingerprint density at radius 1 is 1.33 bits per heavy atom. The van der Waals surface area contributed by atoms with Crippen LogP contribution in [0.2, 0.25) is 0 Å². The van der Waals surface area contributed by atoms with E-state index in [1.807, 2.05) is 13.0 Å². The van der Waals surface area contributed by atoms with E-state index in [-0.39, 0.29) is 17.3 Å². The Labute approximate surface area is 156 Å². The van der Waals surface area contributed by atoms with E-state index in [9.17, 15) is 23.2 Å². The second-order valence-electron chi connectivity index (χ2n) is 7.50. The molecule has 3 rings (SSSR count). The molecule has 0 heterocycles. The molecule has 2 fully saturated rings.